The lowest BCUT2D eigenvalue weighted by molar-refractivity contribution is 0.601. The fraction of sp³-hybridized carbons (Fsp3) is 0.438. The topological polar surface area (TPSA) is 100 Å². The number of nitrogens with zero attached hydrogens (tertiary/aromatic N) is 4. The smallest absolute Gasteiger partial charge is 0.179 e. The third kappa shape index (κ3) is 3.98. The van der Waals surface area contributed by atoms with Gasteiger partial charge in [0.15, 0.2) is 9.84 Å². The van der Waals surface area contributed by atoms with E-state index in [0.29, 0.717) is 12.4 Å². The van der Waals surface area contributed by atoms with Gasteiger partial charge in [-0.05, 0) is 25.0 Å². The number of pyridine rings is 1. The van der Waals surface area contributed by atoms with Crippen molar-refractivity contribution >= 4 is 27.3 Å². The monoisotopic (exact) mass is 362 g/mol. The first kappa shape index (κ1) is 17.4. The normalized spacial score (nSPS) is 17.5. The second kappa shape index (κ2) is 7.22. The van der Waals surface area contributed by atoms with Gasteiger partial charge in [0.25, 0.3) is 0 Å². The Kier molecular flexibility index (Phi) is 5.03. The standard InChI is InChI=1S/C16H22N6O2S/c1-17-14-9-15(21-11-20-14)22-8-4-5-12(22)10-19-16-13(25(2,23)24)6-3-7-18-16/h3,6-7,9,11-12H,4-5,8,10H2,1-2H3,(H,18,19)(H,17,20,21). The van der Waals surface area contributed by atoms with Gasteiger partial charge in [-0.15, -0.1) is 0 Å². The molecule has 0 bridgehead atoms. The molecular formula is C16H22N6O2S. The van der Waals surface area contributed by atoms with Crippen molar-refractivity contribution in [3.8, 4) is 0 Å². The van der Waals surface area contributed by atoms with E-state index in [0.717, 1.165) is 31.0 Å². The van der Waals surface area contributed by atoms with Crippen molar-refractivity contribution in [2.24, 2.45) is 0 Å². The SMILES string of the molecule is CNc1cc(N2CCCC2CNc2ncccc2S(C)(=O)=O)ncn1. The van der Waals surface area contributed by atoms with Gasteiger partial charge >= 0.3 is 0 Å². The molecule has 2 aromatic rings. The van der Waals surface area contributed by atoms with Crippen LogP contribution in [0.5, 0.6) is 0 Å². The van der Waals surface area contributed by atoms with E-state index >= 15 is 0 Å². The Hall–Kier alpha value is -2.42. The first-order valence-electron chi connectivity index (χ1n) is 8.14. The number of sulfone groups is 1. The molecule has 0 amide bonds. The van der Waals surface area contributed by atoms with E-state index in [1.807, 2.05) is 13.1 Å². The van der Waals surface area contributed by atoms with Crippen molar-refractivity contribution in [3.63, 3.8) is 0 Å². The van der Waals surface area contributed by atoms with Gasteiger partial charge in [0.05, 0.1) is 0 Å². The van der Waals surface area contributed by atoms with Crippen LogP contribution in [0.3, 0.4) is 0 Å². The van der Waals surface area contributed by atoms with Crippen molar-refractivity contribution in [2.45, 2.75) is 23.8 Å². The Morgan fingerprint density at radius 2 is 2.16 bits per heavy atom. The molecule has 0 saturated carbocycles. The summed E-state index contributed by atoms with van der Waals surface area (Å²) in [6.45, 7) is 1.51. The molecule has 3 rings (SSSR count). The number of hydrogen-bond donors (Lipinski definition) is 2. The lowest BCUT2D eigenvalue weighted by Gasteiger charge is -2.26. The van der Waals surface area contributed by atoms with Gasteiger partial charge in [0.2, 0.25) is 0 Å². The van der Waals surface area contributed by atoms with E-state index in [1.165, 1.54) is 6.26 Å². The van der Waals surface area contributed by atoms with E-state index in [1.54, 1.807) is 24.7 Å². The highest BCUT2D eigenvalue weighted by molar-refractivity contribution is 7.90. The highest BCUT2D eigenvalue weighted by Crippen LogP contribution is 2.26. The molecule has 3 heterocycles. The maximum absolute atomic E-state index is 11.9. The molecular weight excluding hydrogens is 340 g/mol. The second-order valence-corrected chi connectivity index (χ2v) is 7.99. The van der Waals surface area contributed by atoms with Gasteiger partial charge in [-0.25, -0.2) is 23.4 Å². The third-order valence-corrected chi connectivity index (χ3v) is 5.38. The molecule has 1 unspecified atom stereocenters. The van der Waals surface area contributed by atoms with Crippen LogP contribution in [-0.2, 0) is 9.84 Å². The minimum absolute atomic E-state index is 0.217. The molecule has 0 aromatic carbocycles. The molecule has 0 radical (unpaired) electrons. The largest absolute Gasteiger partial charge is 0.373 e. The predicted octanol–water partition coefficient (Wildman–Crippen LogP) is 1.40. The fourth-order valence-electron chi connectivity index (χ4n) is 3.03. The van der Waals surface area contributed by atoms with E-state index in [4.69, 9.17) is 0 Å². The van der Waals surface area contributed by atoms with Crippen LogP contribution in [0.25, 0.3) is 0 Å². The minimum Gasteiger partial charge on any atom is -0.373 e. The van der Waals surface area contributed by atoms with Gasteiger partial charge in [0, 0.05) is 44.7 Å². The van der Waals surface area contributed by atoms with Crippen LogP contribution in [0.4, 0.5) is 17.5 Å². The molecule has 1 aliphatic rings. The molecule has 8 nitrogen and oxygen atoms in total. The van der Waals surface area contributed by atoms with E-state index in [2.05, 4.69) is 30.5 Å². The van der Waals surface area contributed by atoms with E-state index in [9.17, 15) is 8.42 Å². The molecule has 9 heteroatoms. The third-order valence-electron chi connectivity index (χ3n) is 4.26. The molecule has 134 valence electrons. The number of rotatable bonds is 6. The Bertz CT molecular complexity index is 842. The Labute approximate surface area is 147 Å². The van der Waals surface area contributed by atoms with Gasteiger partial charge in [-0.2, -0.15) is 0 Å². The van der Waals surface area contributed by atoms with Gasteiger partial charge in [-0.3, -0.25) is 0 Å². The summed E-state index contributed by atoms with van der Waals surface area (Å²) in [7, 11) is -1.50. The quantitative estimate of drug-likeness (QED) is 0.795. The summed E-state index contributed by atoms with van der Waals surface area (Å²) in [5, 5.41) is 6.22. The average Bonchev–Trinajstić information content (AvgIpc) is 3.08. The summed E-state index contributed by atoms with van der Waals surface area (Å²) < 4.78 is 23.8. The average molecular weight is 362 g/mol. The number of nitrogens with one attached hydrogen (secondary N) is 2. The first-order valence-corrected chi connectivity index (χ1v) is 10.0. The molecule has 0 spiro atoms. The van der Waals surface area contributed by atoms with E-state index < -0.39 is 9.84 Å². The minimum atomic E-state index is -3.32. The molecule has 1 fully saturated rings. The summed E-state index contributed by atoms with van der Waals surface area (Å²) in [4.78, 5) is 15.1. The zero-order chi connectivity index (χ0) is 17.9. The number of anilines is 3. The maximum atomic E-state index is 11.9. The van der Waals surface area contributed by atoms with Crippen LogP contribution in [-0.4, -0.2) is 55.8 Å². The second-order valence-electron chi connectivity index (χ2n) is 6.00. The van der Waals surface area contributed by atoms with Crippen LogP contribution < -0.4 is 15.5 Å². The van der Waals surface area contributed by atoms with Gasteiger partial charge < -0.3 is 15.5 Å². The van der Waals surface area contributed by atoms with E-state index in [-0.39, 0.29) is 10.9 Å². The zero-order valence-electron chi connectivity index (χ0n) is 14.3. The summed E-state index contributed by atoms with van der Waals surface area (Å²) in [6.07, 6.45) is 6.40. The predicted molar refractivity (Wildman–Crippen MR) is 97.8 cm³/mol. The highest BCUT2D eigenvalue weighted by Gasteiger charge is 2.26. The van der Waals surface area contributed by atoms with Crippen LogP contribution in [0.15, 0.2) is 35.6 Å². The molecule has 2 aromatic heterocycles. The molecule has 1 saturated heterocycles. The highest BCUT2D eigenvalue weighted by atomic mass is 32.2. The summed E-state index contributed by atoms with van der Waals surface area (Å²) >= 11 is 0. The summed E-state index contributed by atoms with van der Waals surface area (Å²) in [5.74, 6) is 2.04. The van der Waals surface area contributed by atoms with Crippen molar-refractivity contribution in [2.75, 3.05) is 41.9 Å². The van der Waals surface area contributed by atoms with Crippen LogP contribution >= 0.6 is 0 Å². The van der Waals surface area contributed by atoms with Crippen molar-refractivity contribution in [1.29, 1.82) is 0 Å². The Morgan fingerprint density at radius 3 is 2.92 bits per heavy atom. The maximum Gasteiger partial charge on any atom is 0.179 e. The van der Waals surface area contributed by atoms with Crippen molar-refractivity contribution < 1.29 is 8.42 Å². The molecule has 0 aliphatic carbocycles. The molecule has 25 heavy (non-hydrogen) atoms. The molecule has 1 aliphatic heterocycles. The lowest BCUT2D eigenvalue weighted by atomic mass is 10.2. The molecule has 2 N–H and O–H groups in total. The van der Waals surface area contributed by atoms with Crippen LogP contribution in [0.1, 0.15) is 12.8 Å². The number of hydrogen-bond acceptors (Lipinski definition) is 8. The van der Waals surface area contributed by atoms with Crippen LogP contribution in [0.2, 0.25) is 0 Å². The zero-order valence-corrected chi connectivity index (χ0v) is 15.1. The van der Waals surface area contributed by atoms with Gasteiger partial charge in [0.1, 0.15) is 28.7 Å². The van der Waals surface area contributed by atoms with Crippen molar-refractivity contribution in [1.82, 2.24) is 15.0 Å². The van der Waals surface area contributed by atoms with Gasteiger partial charge in [-0.1, -0.05) is 0 Å². The van der Waals surface area contributed by atoms with Crippen LogP contribution in [0, 0.1) is 0 Å². The molecule has 1 atom stereocenters. The fourth-order valence-corrected chi connectivity index (χ4v) is 3.83. The lowest BCUT2D eigenvalue weighted by Crippen LogP contribution is -2.35. The first-order chi connectivity index (χ1) is 12.0. The Balaban J connectivity index is 1.75. The Morgan fingerprint density at radius 1 is 1.32 bits per heavy atom. The number of aromatic nitrogens is 3. The summed E-state index contributed by atoms with van der Waals surface area (Å²) in [6, 6.07) is 5.33. The summed E-state index contributed by atoms with van der Waals surface area (Å²) in [5.41, 5.74) is 0. The van der Waals surface area contributed by atoms with Crippen molar-refractivity contribution in [3.05, 3.63) is 30.7 Å².